The quantitative estimate of drug-likeness (QED) is 0.677. The van der Waals surface area contributed by atoms with Gasteiger partial charge >= 0.3 is 0 Å². The average Bonchev–Trinajstić information content (AvgIpc) is 2.65. The van der Waals surface area contributed by atoms with Crippen LogP contribution >= 0.6 is 0 Å². The van der Waals surface area contributed by atoms with E-state index in [1.807, 2.05) is 0 Å². The Hall–Kier alpha value is -1.63. The van der Waals surface area contributed by atoms with E-state index in [0.717, 1.165) is 32.6 Å². The smallest absolute Gasteiger partial charge is 0.180 e. The second-order valence-corrected chi connectivity index (χ2v) is 5.32. The molecule has 6 heteroatoms. The monoisotopic (exact) mass is 294 g/mol. The number of aliphatic hydroxyl groups excluding tert-OH is 1. The molecule has 1 aliphatic heterocycles. The lowest BCUT2D eigenvalue weighted by atomic mass is 10.1. The Morgan fingerprint density at radius 1 is 1.10 bits per heavy atom. The Morgan fingerprint density at radius 3 is 2.52 bits per heavy atom. The predicted octanol–water partition coefficient (Wildman–Crippen LogP) is 0.281. The summed E-state index contributed by atoms with van der Waals surface area (Å²) in [6.07, 6.45) is 0.953. The van der Waals surface area contributed by atoms with Crippen LogP contribution in [0.5, 0.6) is 11.5 Å². The zero-order valence-corrected chi connectivity index (χ0v) is 12.0. The van der Waals surface area contributed by atoms with Crippen molar-refractivity contribution in [1.29, 1.82) is 0 Å². The first kappa shape index (κ1) is 15.8. The van der Waals surface area contributed by atoms with Crippen molar-refractivity contribution >= 4 is 5.78 Å². The van der Waals surface area contributed by atoms with Gasteiger partial charge in [0.25, 0.3) is 0 Å². The lowest BCUT2D eigenvalue weighted by molar-refractivity contribution is 0.0929. The summed E-state index contributed by atoms with van der Waals surface area (Å²) in [5.74, 6) is -0.390. The lowest BCUT2D eigenvalue weighted by Gasteiger charge is -2.20. The number of phenols is 2. The van der Waals surface area contributed by atoms with Crippen LogP contribution < -0.4 is 0 Å². The van der Waals surface area contributed by atoms with Gasteiger partial charge in [0.1, 0.15) is 11.5 Å². The Labute approximate surface area is 124 Å². The van der Waals surface area contributed by atoms with Crippen LogP contribution in [0.1, 0.15) is 16.8 Å². The molecule has 0 bridgehead atoms. The second-order valence-electron chi connectivity index (χ2n) is 5.32. The molecule has 3 N–H and O–H groups in total. The van der Waals surface area contributed by atoms with Crippen LogP contribution in [0, 0.1) is 0 Å². The summed E-state index contributed by atoms with van der Waals surface area (Å²) in [4.78, 5) is 16.5. The van der Waals surface area contributed by atoms with E-state index in [2.05, 4.69) is 9.80 Å². The van der Waals surface area contributed by atoms with Crippen molar-refractivity contribution in [3.05, 3.63) is 23.8 Å². The highest BCUT2D eigenvalue weighted by atomic mass is 16.3. The van der Waals surface area contributed by atoms with E-state index in [0.29, 0.717) is 6.54 Å². The van der Waals surface area contributed by atoms with Gasteiger partial charge in [-0.15, -0.1) is 0 Å². The van der Waals surface area contributed by atoms with Gasteiger partial charge in [-0.2, -0.15) is 0 Å². The van der Waals surface area contributed by atoms with Crippen LogP contribution in [0.3, 0.4) is 0 Å². The molecule has 0 amide bonds. The van der Waals surface area contributed by atoms with E-state index in [-0.39, 0.29) is 36.0 Å². The van der Waals surface area contributed by atoms with E-state index >= 15 is 0 Å². The van der Waals surface area contributed by atoms with Gasteiger partial charge in [0.05, 0.1) is 18.7 Å². The molecule has 0 atom stereocenters. The fraction of sp³-hybridized carbons (Fsp3) is 0.533. The second kappa shape index (κ2) is 7.40. The van der Waals surface area contributed by atoms with Gasteiger partial charge in [-0.05, 0) is 31.6 Å². The molecule has 0 spiro atoms. The molecule has 1 aromatic rings. The van der Waals surface area contributed by atoms with Gasteiger partial charge < -0.3 is 15.3 Å². The van der Waals surface area contributed by atoms with Crippen LogP contribution in [-0.2, 0) is 0 Å². The first-order chi connectivity index (χ1) is 10.1. The summed E-state index contributed by atoms with van der Waals surface area (Å²) in [5, 5.41) is 27.9. The number of ketones is 1. The third-order valence-corrected chi connectivity index (χ3v) is 3.75. The molecule has 1 aliphatic rings. The summed E-state index contributed by atoms with van der Waals surface area (Å²) < 4.78 is 0. The van der Waals surface area contributed by atoms with Crippen LogP contribution in [0.15, 0.2) is 18.2 Å². The van der Waals surface area contributed by atoms with Crippen LogP contribution in [0.4, 0.5) is 0 Å². The fourth-order valence-electron chi connectivity index (χ4n) is 2.59. The highest BCUT2D eigenvalue weighted by molar-refractivity contribution is 6.00. The van der Waals surface area contributed by atoms with E-state index in [9.17, 15) is 15.0 Å². The van der Waals surface area contributed by atoms with Crippen molar-refractivity contribution in [2.24, 2.45) is 0 Å². The topological polar surface area (TPSA) is 84.2 Å². The van der Waals surface area contributed by atoms with Crippen LogP contribution in [0.2, 0.25) is 0 Å². The molecular formula is C15H22N2O4. The molecule has 1 fully saturated rings. The normalized spacial score (nSPS) is 17.6. The van der Waals surface area contributed by atoms with Crippen LogP contribution in [0.25, 0.3) is 0 Å². The minimum absolute atomic E-state index is 0.0570. The number of Topliss-reactive ketones (excluding diaryl/α,β-unsaturated/α-hetero) is 1. The van der Waals surface area contributed by atoms with Crippen molar-refractivity contribution < 1.29 is 20.1 Å². The minimum Gasteiger partial charge on any atom is -0.508 e. The summed E-state index contributed by atoms with van der Waals surface area (Å²) in [7, 11) is 0. The van der Waals surface area contributed by atoms with Crippen molar-refractivity contribution in [3.8, 4) is 11.5 Å². The third-order valence-electron chi connectivity index (χ3n) is 3.75. The number of hydrogen-bond acceptors (Lipinski definition) is 6. The van der Waals surface area contributed by atoms with Crippen molar-refractivity contribution in [1.82, 2.24) is 9.80 Å². The molecule has 6 nitrogen and oxygen atoms in total. The maximum atomic E-state index is 12.2. The molecule has 0 aromatic heterocycles. The Balaban J connectivity index is 1.93. The molecule has 0 saturated carbocycles. The summed E-state index contributed by atoms with van der Waals surface area (Å²) in [6.45, 7) is 4.42. The number of benzene rings is 1. The first-order valence-electron chi connectivity index (χ1n) is 7.21. The number of nitrogens with zero attached hydrogens (tertiary/aromatic N) is 2. The van der Waals surface area contributed by atoms with Gasteiger partial charge in [0.15, 0.2) is 5.78 Å². The lowest BCUT2D eigenvalue weighted by Crippen LogP contribution is -2.35. The van der Waals surface area contributed by atoms with Crippen molar-refractivity contribution in [2.75, 3.05) is 45.9 Å². The van der Waals surface area contributed by atoms with E-state index in [1.54, 1.807) is 0 Å². The largest absolute Gasteiger partial charge is 0.508 e. The number of aromatic hydroxyl groups is 2. The highest BCUT2D eigenvalue weighted by Gasteiger charge is 2.19. The number of hydrogen-bond donors (Lipinski definition) is 3. The van der Waals surface area contributed by atoms with Crippen molar-refractivity contribution in [3.63, 3.8) is 0 Å². The zero-order chi connectivity index (χ0) is 15.2. The third kappa shape index (κ3) is 4.42. The standard InChI is InChI=1S/C15H22N2O4/c18-9-8-16-4-1-5-17(7-6-16)11-15(21)13-3-2-12(19)10-14(13)20/h2-3,10,18-20H,1,4-9,11H2. The minimum atomic E-state index is -0.184. The maximum Gasteiger partial charge on any atom is 0.180 e. The molecule has 1 aromatic carbocycles. The van der Waals surface area contributed by atoms with Crippen molar-refractivity contribution in [2.45, 2.75) is 6.42 Å². The number of rotatable bonds is 5. The molecule has 0 aliphatic carbocycles. The fourth-order valence-corrected chi connectivity index (χ4v) is 2.59. The maximum absolute atomic E-state index is 12.2. The van der Waals surface area contributed by atoms with Gasteiger partial charge in [-0.3, -0.25) is 14.6 Å². The summed E-state index contributed by atoms with van der Waals surface area (Å²) >= 11 is 0. The van der Waals surface area contributed by atoms with Gasteiger partial charge in [0, 0.05) is 25.7 Å². The van der Waals surface area contributed by atoms with Gasteiger partial charge in [-0.1, -0.05) is 0 Å². The predicted molar refractivity (Wildman–Crippen MR) is 78.7 cm³/mol. The summed E-state index contributed by atoms with van der Waals surface area (Å²) in [5.41, 5.74) is 0.240. The van der Waals surface area contributed by atoms with E-state index in [4.69, 9.17) is 5.11 Å². The Morgan fingerprint density at radius 2 is 1.81 bits per heavy atom. The number of carbonyl (C=O) groups excluding carboxylic acids is 1. The molecule has 1 heterocycles. The SMILES string of the molecule is O=C(CN1CCCN(CCO)CC1)c1ccc(O)cc1O. The molecule has 1 saturated heterocycles. The summed E-state index contributed by atoms with van der Waals surface area (Å²) in [6, 6.07) is 4.03. The first-order valence-corrected chi connectivity index (χ1v) is 7.21. The number of phenolic OH excluding ortho intramolecular Hbond substituents is 2. The van der Waals surface area contributed by atoms with Gasteiger partial charge in [-0.25, -0.2) is 0 Å². The number of aliphatic hydroxyl groups is 1. The molecular weight excluding hydrogens is 272 g/mol. The van der Waals surface area contributed by atoms with E-state index in [1.165, 1.54) is 18.2 Å². The number of β-amino-alcohol motifs (C(OH)–C–C–N with tert-alkyl or cyclic N) is 1. The number of carbonyl (C=O) groups is 1. The Kier molecular flexibility index (Phi) is 5.55. The molecule has 116 valence electrons. The van der Waals surface area contributed by atoms with E-state index < -0.39 is 0 Å². The molecule has 0 unspecified atom stereocenters. The molecule has 21 heavy (non-hydrogen) atoms. The Bertz CT molecular complexity index is 493. The van der Waals surface area contributed by atoms with Gasteiger partial charge in [0.2, 0.25) is 0 Å². The zero-order valence-electron chi connectivity index (χ0n) is 12.0. The molecule has 0 radical (unpaired) electrons. The highest BCUT2D eigenvalue weighted by Crippen LogP contribution is 2.23. The molecule has 2 rings (SSSR count). The van der Waals surface area contributed by atoms with Crippen LogP contribution in [-0.4, -0.2) is 76.8 Å². The average molecular weight is 294 g/mol.